The number of anilines is 1. The second-order valence-corrected chi connectivity index (χ2v) is 5.14. The predicted molar refractivity (Wildman–Crippen MR) is 93.9 cm³/mol. The molecule has 0 spiro atoms. The predicted octanol–water partition coefficient (Wildman–Crippen LogP) is 2.17. The molecule has 0 bridgehead atoms. The zero-order chi connectivity index (χ0) is 17.6. The molecule has 8 nitrogen and oxygen atoms in total. The van der Waals surface area contributed by atoms with Gasteiger partial charge < -0.3 is 20.1 Å². The lowest BCUT2D eigenvalue weighted by Crippen LogP contribution is -2.22. The fraction of sp³-hybridized carbons (Fsp3) is 0.235. The summed E-state index contributed by atoms with van der Waals surface area (Å²) in [6.07, 6.45) is 1.30. The first kappa shape index (κ1) is 16.6. The summed E-state index contributed by atoms with van der Waals surface area (Å²) in [4.78, 5) is 15.4. The molecule has 0 radical (unpaired) electrons. The van der Waals surface area contributed by atoms with Crippen molar-refractivity contribution in [1.29, 1.82) is 0 Å². The lowest BCUT2D eigenvalue weighted by molar-refractivity contribution is 0.153. The second-order valence-electron chi connectivity index (χ2n) is 5.14. The highest BCUT2D eigenvalue weighted by Crippen LogP contribution is 2.29. The average Bonchev–Trinajstić information content (AvgIpc) is 3.08. The number of carbonyl (C=O) groups excluding carboxylic acids is 1. The molecular weight excluding hydrogens is 322 g/mol. The van der Waals surface area contributed by atoms with Gasteiger partial charge in [-0.05, 0) is 24.3 Å². The average molecular weight is 341 g/mol. The van der Waals surface area contributed by atoms with Crippen molar-refractivity contribution in [2.45, 2.75) is 0 Å². The number of para-hydroxylation sites is 1. The van der Waals surface area contributed by atoms with Crippen molar-refractivity contribution in [3.05, 3.63) is 42.6 Å². The number of carbonyl (C=O) groups is 1. The maximum absolute atomic E-state index is 11.0. The first-order valence-electron chi connectivity index (χ1n) is 7.79. The van der Waals surface area contributed by atoms with E-state index < -0.39 is 6.09 Å². The van der Waals surface area contributed by atoms with Gasteiger partial charge in [-0.2, -0.15) is 0 Å². The van der Waals surface area contributed by atoms with Gasteiger partial charge >= 0.3 is 6.09 Å². The fourth-order valence-corrected chi connectivity index (χ4v) is 2.40. The van der Waals surface area contributed by atoms with Crippen molar-refractivity contribution in [3.63, 3.8) is 0 Å². The topological polar surface area (TPSA) is 89.8 Å². The number of alkyl carbamates (subject to hydrolysis) is 1. The fourth-order valence-electron chi connectivity index (χ4n) is 2.40. The molecule has 2 N–H and O–H groups in total. The van der Waals surface area contributed by atoms with E-state index in [2.05, 4.69) is 20.7 Å². The Morgan fingerprint density at radius 1 is 1.24 bits per heavy atom. The largest absolute Gasteiger partial charge is 0.496 e. The minimum atomic E-state index is -0.460. The number of hydrogen-bond donors (Lipinski definition) is 2. The van der Waals surface area contributed by atoms with Crippen LogP contribution < -0.4 is 15.4 Å². The van der Waals surface area contributed by atoms with E-state index in [0.717, 1.165) is 22.7 Å². The minimum Gasteiger partial charge on any atom is -0.496 e. The third-order valence-corrected chi connectivity index (χ3v) is 3.59. The van der Waals surface area contributed by atoms with Gasteiger partial charge in [0.15, 0.2) is 5.65 Å². The first-order chi connectivity index (χ1) is 12.2. The van der Waals surface area contributed by atoms with Crippen molar-refractivity contribution in [3.8, 4) is 17.0 Å². The van der Waals surface area contributed by atoms with Crippen molar-refractivity contribution in [2.75, 3.05) is 32.6 Å². The Hall–Kier alpha value is -3.29. The monoisotopic (exact) mass is 341 g/mol. The summed E-state index contributed by atoms with van der Waals surface area (Å²) in [6.45, 7) is 0.688. The van der Waals surface area contributed by atoms with E-state index in [-0.39, 0.29) is 6.61 Å². The summed E-state index contributed by atoms with van der Waals surface area (Å²) in [7, 11) is 3.15. The van der Waals surface area contributed by atoms with Crippen molar-refractivity contribution in [2.24, 2.45) is 0 Å². The van der Waals surface area contributed by atoms with Crippen LogP contribution in [0.5, 0.6) is 5.75 Å². The highest BCUT2D eigenvalue weighted by molar-refractivity contribution is 5.69. The number of fused-ring (bicyclic) bond motifs is 1. The second kappa shape index (κ2) is 7.52. The number of benzene rings is 1. The third-order valence-electron chi connectivity index (χ3n) is 3.59. The van der Waals surface area contributed by atoms with Gasteiger partial charge in [0.1, 0.15) is 18.2 Å². The molecule has 1 aromatic carbocycles. The van der Waals surface area contributed by atoms with Gasteiger partial charge in [0.25, 0.3) is 0 Å². The molecule has 0 saturated carbocycles. The molecule has 8 heteroatoms. The molecule has 130 valence electrons. The molecule has 3 aromatic rings. The SMILES string of the molecule is CNC(=O)OCCNc1ccc2ncc(-c3ccccc3OC)n2n1. The molecule has 25 heavy (non-hydrogen) atoms. The lowest BCUT2D eigenvalue weighted by atomic mass is 10.1. The van der Waals surface area contributed by atoms with Crippen LogP contribution in [0.1, 0.15) is 0 Å². The van der Waals surface area contributed by atoms with E-state index in [1.807, 2.05) is 36.4 Å². The summed E-state index contributed by atoms with van der Waals surface area (Å²) in [5, 5.41) is 10.1. The molecule has 2 heterocycles. The molecule has 2 aromatic heterocycles. The van der Waals surface area contributed by atoms with Crippen LogP contribution in [0.2, 0.25) is 0 Å². The smallest absolute Gasteiger partial charge is 0.406 e. The molecular formula is C17H19N5O3. The van der Waals surface area contributed by atoms with Crippen molar-refractivity contribution < 1.29 is 14.3 Å². The lowest BCUT2D eigenvalue weighted by Gasteiger charge is -2.09. The molecule has 0 fully saturated rings. The van der Waals surface area contributed by atoms with E-state index in [4.69, 9.17) is 9.47 Å². The number of nitrogens with zero attached hydrogens (tertiary/aromatic N) is 3. The molecule has 0 unspecified atom stereocenters. The van der Waals surface area contributed by atoms with Crippen LogP contribution in [0.4, 0.5) is 10.6 Å². The van der Waals surface area contributed by atoms with Crippen molar-refractivity contribution >= 4 is 17.6 Å². The molecule has 3 rings (SSSR count). The Kier molecular flexibility index (Phi) is 4.98. The Morgan fingerprint density at radius 3 is 2.88 bits per heavy atom. The first-order valence-corrected chi connectivity index (χ1v) is 7.79. The molecule has 0 atom stereocenters. The van der Waals surface area contributed by atoms with Crippen LogP contribution in [-0.2, 0) is 4.74 Å². The normalized spacial score (nSPS) is 10.5. The summed E-state index contributed by atoms with van der Waals surface area (Å²) in [6, 6.07) is 11.4. The molecule has 0 saturated heterocycles. The number of nitrogens with one attached hydrogen (secondary N) is 2. The number of rotatable bonds is 6. The van der Waals surface area contributed by atoms with Crippen LogP contribution in [0.15, 0.2) is 42.6 Å². The summed E-state index contributed by atoms with van der Waals surface area (Å²) in [5.41, 5.74) is 2.47. The van der Waals surface area contributed by atoms with E-state index in [1.54, 1.807) is 17.8 Å². The summed E-state index contributed by atoms with van der Waals surface area (Å²) in [5.74, 6) is 1.41. The maximum atomic E-state index is 11.0. The van der Waals surface area contributed by atoms with Gasteiger partial charge in [-0.3, -0.25) is 0 Å². The van der Waals surface area contributed by atoms with Crippen LogP contribution in [0.3, 0.4) is 0 Å². The quantitative estimate of drug-likeness (QED) is 0.668. The van der Waals surface area contributed by atoms with Gasteiger partial charge in [0.2, 0.25) is 0 Å². The Labute approximate surface area is 144 Å². The van der Waals surface area contributed by atoms with Gasteiger partial charge in [-0.15, -0.1) is 5.10 Å². The molecule has 0 aliphatic carbocycles. The summed E-state index contributed by atoms with van der Waals surface area (Å²) < 4.78 is 12.1. The van der Waals surface area contributed by atoms with Gasteiger partial charge in [0, 0.05) is 12.6 Å². The minimum absolute atomic E-state index is 0.239. The van der Waals surface area contributed by atoms with Crippen LogP contribution in [-0.4, -0.2) is 48.0 Å². The van der Waals surface area contributed by atoms with E-state index in [9.17, 15) is 4.79 Å². The zero-order valence-corrected chi connectivity index (χ0v) is 14.0. The maximum Gasteiger partial charge on any atom is 0.406 e. The highest BCUT2D eigenvalue weighted by atomic mass is 16.5. The number of amides is 1. The Bertz CT molecular complexity index is 878. The van der Waals surface area contributed by atoms with E-state index >= 15 is 0 Å². The molecule has 0 aliphatic heterocycles. The summed E-state index contributed by atoms with van der Waals surface area (Å²) >= 11 is 0. The Balaban J connectivity index is 1.81. The zero-order valence-electron chi connectivity index (χ0n) is 14.0. The molecule has 1 amide bonds. The third kappa shape index (κ3) is 3.63. The number of hydrogen-bond acceptors (Lipinski definition) is 6. The van der Waals surface area contributed by atoms with E-state index in [1.165, 1.54) is 7.05 Å². The number of imidazole rings is 1. The van der Waals surface area contributed by atoms with E-state index in [0.29, 0.717) is 12.4 Å². The Morgan fingerprint density at radius 2 is 2.08 bits per heavy atom. The number of methoxy groups -OCH3 is 1. The molecule has 0 aliphatic rings. The number of aromatic nitrogens is 3. The van der Waals surface area contributed by atoms with Crippen LogP contribution >= 0.6 is 0 Å². The van der Waals surface area contributed by atoms with Gasteiger partial charge in [-0.25, -0.2) is 14.3 Å². The van der Waals surface area contributed by atoms with Crippen LogP contribution in [0.25, 0.3) is 16.9 Å². The number of ether oxygens (including phenoxy) is 2. The highest BCUT2D eigenvalue weighted by Gasteiger charge is 2.12. The van der Waals surface area contributed by atoms with Crippen molar-refractivity contribution in [1.82, 2.24) is 19.9 Å². The van der Waals surface area contributed by atoms with Gasteiger partial charge in [-0.1, -0.05) is 12.1 Å². The van der Waals surface area contributed by atoms with Gasteiger partial charge in [0.05, 0.1) is 25.5 Å². The van der Waals surface area contributed by atoms with Crippen LogP contribution in [0, 0.1) is 0 Å². The standard InChI is InChI=1S/C17H19N5O3/c1-18-17(23)25-10-9-19-15-7-8-16-20-11-13(22(16)21-15)12-5-3-4-6-14(12)24-2/h3-8,11H,9-10H2,1-2H3,(H,18,23)(H,19,21).